The minimum Gasteiger partial charge on any atom is -0.360 e. The fourth-order valence-electron chi connectivity index (χ4n) is 2.06. The molecule has 0 fully saturated rings. The normalized spacial score (nSPS) is 10.6. The van der Waals surface area contributed by atoms with Gasteiger partial charge in [-0.05, 0) is 24.6 Å². The first-order valence-electron chi connectivity index (χ1n) is 6.48. The highest BCUT2D eigenvalue weighted by Gasteiger charge is 2.22. The summed E-state index contributed by atoms with van der Waals surface area (Å²) in [6.07, 6.45) is 0.617. The van der Waals surface area contributed by atoms with Crippen LogP contribution in [0.1, 0.15) is 34.3 Å². The second kappa shape index (κ2) is 5.86. The van der Waals surface area contributed by atoms with E-state index in [1.165, 1.54) is 12.1 Å². The maximum Gasteiger partial charge on any atom is 0.259 e. The largest absolute Gasteiger partial charge is 0.360 e. The Morgan fingerprint density at radius 1 is 1.35 bits per heavy atom. The van der Waals surface area contributed by atoms with Gasteiger partial charge in [0.05, 0.1) is 5.69 Å². The van der Waals surface area contributed by atoms with Gasteiger partial charge in [0.15, 0.2) is 0 Å². The van der Waals surface area contributed by atoms with Gasteiger partial charge in [0, 0.05) is 20.0 Å². The molecule has 0 N–H and O–H groups in total. The first kappa shape index (κ1) is 14.2. The molecule has 2 rings (SSSR count). The number of aromatic nitrogens is 1. The van der Waals surface area contributed by atoms with Gasteiger partial charge < -0.3 is 9.42 Å². The number of carbonyl (C=O) groups is 1. The van der Waals surface area contributed by atoms with Crippen molar-refractivity contribution in [2.24, 2.45) is 0 Å². The number of rotatable bonds is 4. The van der Waals surface area contributed by atoms with Gasteiger partial charge in [0.1, 0.15) is 17.1 Å². The van der Waals surface area contributed by atoms with Crippen LogP contribution in [0.2, 0.25) is 0 Å². The minimum absolute atomic E-state index is 0.134. The van der Waals surface area contributed by atoms with E-state index in [1.54, 1.807) is 31.0 Å². The highest BCUT2D eigenvalue weighted by molar-refractivity contribution is 5.96. The number of amides is 1. The third-order valence-corrected chi connectivity index (χ3v) is 3.15. The molecule has 0 saturated carbocycles. The molecule has 0 saturated heterocycles. The second-order valence-electron chi connectivity index (χ2n) is 4.71. The lowest BCUT2D eigenvalue weighted by molar-refractivity contribution is 0.0782. The van der Waals surface area contributed by atoms with E-state index in [2.05, 4.69) is 5.16 Å². The van der Waals surface area contributed by atoms with Crippen molar-refractivity contribution in [1.82, 2.24) is 10.1 Å². The number of halogens is 1. The van der Waals surface area contributed by atoms with Gasteiger partial charge in [-0.1, -0.05) is 24.2 Å². The Balaban J connectivity index is 2.16. The molecule has 0 aliphatic heterocycles. The van der Waals surface area contributed by atoms with E-state index in [0.717, 1.165) is 5.56 Å². The number of hydrogen-bond donors (Lipinski definition) is 0. The lowest BCUT2D eigenvalue weighted by Gasteiger charge is -2.17. The zero-order valence-corrected chi connectivity index (χ0v) is 11.8. The van der Waals surface area contributed by atoms with Crippen LogP contribution in [-0.4, -0.2) is 23.0 Å². The van der Waals surface area contributed by atoms with Crippen LogP contribution in [0.4, 0.5) is 4.39 Å². The summed E-state index contributed by atoms with van der Waals surface area (Å²) in [4.78, 5) is 14.0. The van der Waals surface area contributed by atoms with Crippen molar-refractivity contribution in [3.8, 4) is 0 Å². The van der Waals surface area contributed by atoms with Gasteiger partial charge >= 0.3 is 0 Å². The summed E-state index contributed by atoms with van der Waals surface area (Å²) in [5, 5.41) is 3.84. The molecule has 1 aromatic carbocycles. The Morgan fingerprint density at radius 2 is 2.00 bits per heavy atom. The van der Waals surface area contributed by atoms with Gasteiger partial charge in [-0.3, -0.25) is 4.79 Å². The molecule has 0 aliphatic rings. The first-order valence-corrected chi connectivity index (χ1v) is 6.48. The summed E-state index contributed by atoms with van der Waals surface area (Å²) < 4.78 is 18.0. The summed E-state index contributed by atoms with van der Waals surface area (Å²) in [5.41, 5.74) is 1.99. The molecular weight excluding hydrogens is 259 g/mol. The van der Waals surface area contributed by atoms with Crippen molar-refractivity contribution in [1.29, 1.82) is 0 Å². The Morgan fingerprint density at radius 3 is 2.60 bits per heavy atom. The molecule has 0 spiro atoms. The third-order valence-electron chi connectivity index (χ3n) is 3.15. The first-order chi connectivity index (χ1) is 9.52. The van der Waals surface area contributed by atoms with Gasteiger partial charge in [-0.25, -0.2) is 4.39 Å². The summed E-state index contributed by atoms with van der Waals surface area (Å²) in [6.45, 7) is 4.07. The number of hydrogen-bond acceptors (Lipinski definition) is 3. The number of benzene rings is 1. The minimum atomic E-state index is -0.286. The lowest BCUT2D eigenvalue weighted by Crippen LogP contribution is -2.27. The van der Waals surface area contributed by atoms with E-state index >= 15 is 0 Å². The smallest absolute Gasteiger partial charge is 0.259 e. The summed E-state index contributed by atoms with van der Waals surface area (Å²) >= 11 is 0. The van der Waals surface area contributed by atoms with Crippen molar-refractivity contribution in [2.45, 2.75) is 26.8 Å². The molecule has 1 aromatic heterocycles. The quantitative estimate of drug-likeness (QED) is 0.862. The molecule has 106 valence electrons. The molecule has 0 unspecified atom stereocenters. The average molecular weight is 276 g/mol. The molecule has 0 aliphatic carbocycles. The van der Waals surface area contributed by atoms with Crippen LogP contribution in [-0.2, 0) is 13.0 Å². The van der Waals surface area contributed by atoms with E-state index in [-0.39, 0.29) is 11.7 Å². The number of aryl methyl sites for hydroxylation is 2. The van der Waals surface area contributed by atoms with E-state index < -0.39 is 0 Å². The average Bonchev–Trinajstić information content (AvgIpc) is 2.81. The molecule has 1 amide bonds. The molecular formula is C15H17FN2O2. The van der Waals surface area contributed by atoms with Gasteiger partial charge in [0.2, 0.25) is 0 Å². The van der Waals surface area contributed by atoms with Gasteiger partial charge in [-0.2, -0.15) is 0 Å². The van der Waals surface area contributed by atoms with E-state index in [0.29, 0.717) is 30.0 Å². The van der Waals surface area contributed by atoms with Crippen LogP contribution in [0, 0.1) is 12.7 Å². The molecule has 0 bridgehead atoms. The summed E-state index contributed by atoms with van der Waals surface area (Å²) in [6, 6.07) is 6.10. The zero-order valence-electron chi connectivity index (χ0n) is 11.8. The Kier molecular flexibility index (Phi) is 4.17. The molecule has 2 aromatic rings. The maximum absolute atomic E-state index is 12.9. The Bertz CT molecular complexity index is 605. The van der Waals surface area contributed by atoms with Crippen LogP contribution in [0.3, 0.4) is 0 Å². The highest BCUT2D eigenvalue weighted by Crippen LogP contribution is 2.17. The van der Waals surface area contributed by atoms with E-state index in [4.69, 9.17) is 4.52 Å². The fourth-order valence-corrected chi connectivity index (χ4v) is 2.06. The van der Waals surface area contributed by atoms with Crippen molar-refractivity contribution < 1.29 is 13.7 Å². The molecule has 20 heavy (non-hydrogen) atoms. The predicted octanol–water partition coefficient (Wildman–Crippen LogP) is 2.96. The van der Waals surface area contributed by atoms with Crippen molar-refractivity contribution in [2.75, 3.05) is 7.05 Å². The predicted molar refractivity (Wildman–Crippen MR) is 72.8 cm³/mol. The fraction of sp³-hybridized carbons (Fsp3) is 0.333. The van der Waals surface area contributed by atoms with Crippen molar-refractivity contribution in [3.05, 3.63) is 52.7 Å². The molecule has 5 heteroatoms. The molecule has 4 nitrogen and oxygen atoms in total. The van der Waals surface area contributed by atoms with Crippen LogP contribution >= 0.6 is 0 Å². The van der Waals surface area contributed by atoms with Gasteiger partial charge in [0.25, 0.3) is 5.91 Å². The monoisotopic (exact) mass is 276 g/mol. The van der Waals surface area contributed by atoms with E-state index in [1.807, 2.05) is 6.92 Å². The van der Waals surface area contributed by atoms with Crippen LogP contribution in [0.5, 0.6) is 0 Å². The van der Waals surface area contributed by atoms with Crippen LogP contribution in [0.25, 0.3) is 0 Å². The lowest BCUT2D eigenvalue weighted by atomic mass is 10.1. The molecule has 0 atom stereocenters. The zero-order chi connectivity index (χ0) is 14.7. The second-order valence-corrected chi connectivity index (χ2v) is 4.71. The third kappa shape index (κ3) is 2.87. The Hall–Kier alpha value is -2.17. The highest BCUT2D eigenvalue weighted by atomic mass is 19.1. The Labute approximate surface area is 117 Å². The van der Waals surface area contributed by atoms with Crippen LogP contribution < -0.4 is 0 Å². The standard InChI is InChI=1S/C15H17FN2O2/c1-4-13-14(10(2)17-20-13)15(19)18(3)9-11-5-7-12(16)8-6-11/h5-8H,4,9H2,1-3H3. The number of carbonyl (C=O) groups excluding carboxylic acids is 1. The summed E-state index contributed by atoms with van der Waals surface area (Å²) in [7, 11) is 1.71. The molecule has 1 heterocycles. The van der Waals surface area contributed by atoms with Crippen LogP contribution in [0.15, 0.2) is 28.8 Å². The summed E-state index contributed by atoms with van der Waals surface area (Å²) in [5.74, 6) is 0.175. The van der Waals surface area contributed by atoms with Crippen molar-refractivity contribution >= 4 is 5.91 Å². The SMILES string of the molecule is CCc1onc(C)c1C(=O)N(C)Cc1ccc(F)cc1. The van der Waals surface area contributed by atoms with Crippen molar-refractivity contribution in [3.63, 3.8) is 0 Å². The maximum atomic E-state index is 12.9. The number of nitrogens with zero attached hydrogens (tertiary/aromatic N) is 2. The molecule has 0 radical (unpaired) electrons. The topological polar surface area (TPSA) is 46.3 Å². The van der Waals surface area contributed by atoms with E-state index in [9.17, 15) is 9.18 Å². The van der Waals surface area contributed by atoms with Gasteiger partial charge in [-0.15, -0.1) is 0 Å².